The zero-order chi connectivity index (χ0) is 19.8. The van der Waals surface area contributed by atoms with E-state index in [1.54, 1.807) is 14.1 Å². The largest absolute Gasteiger partial charge is 0.359 e. The molecule has 0 aliphatic rings. The van der Waals surface area contributed by atoms with Crippen LogP contribution in [0.3, 0.4) is 0 Å². The van der Waals surface area contributed by atoms with Gasteiger partial charge in [0, 0.05) is 21.1 Å². The molecule has 0 spiro atoms. The summed E-state index contributed by atoms with van der Waals surface area (Å²) in [4.78, 5) is 29.9. The molecule has 0 bridgehead atoms. The van der Waals surface area contributed by atoms with Crippen LogP contribution in [0.5, 0.6) is 0 Å². The standard InChI is InChI=1S/C13H14Cl2FN5O4S/c1-19(2)11-17-12(22)21(13(23)20(11)3)10-5-9(7(15)4-8(10)16)18-26(24,25)6-14/h4-5,18H,6H2,1-3H3. The van der Waals surface area contributed by atoms with Crippen molar-refractivity contribution in [2.24, 2.45) is 7.05 Å². The third-order valence-electron chi connectivity index (χ3n) is 3.25. The molecule has 0 fully saturated rings. The molecule has 9 nitrogen and oxygen atoms in total. The Morgan fingerprint density at radius 2 is 1.92 bits per heavy atom. The van der Waals surface area contributed by atoms with Gasteiger partial charge in [0.15, 0.2) is 0 Å². The number of hydrogen-bond donors (Lipinski definition) is 1. The summed E-state index contributed by atoms with van der Waals surface area (Å²) < 4.78 is 41.1. The van der Waals surface area contributed by atoms with E-state index in [2.05, 4.69) is 4.98 Å². The molecule has 0 amide bonds. The summed E-state index contributed by atoms with van der Waals surface area (Å²) in [6.07, 6.45) is 0. The van der Waals surface area contributed by atoms with Crippen LogP contribution in [-0.2, 0) is 17.1 Å². The molecule has 0 saturated heterocycles. The van der Waals surface area contributed by atoms with Crippen molar-refractivity contribution in [3.63, 3.8) is 0 Å². The van der Waals surface area contributed by atoms with Crippen LogP contribution in [-0.4, -0.2) is 41.8 Å². The molecule has 1 N–H and O–H groups in total. The van der Waals surface area contributed by atoms with E-state index in [1.807, 2.05) is 4.72 Å². The second-order valence-corrected chi connectivity index (χ2v) is 8.09. The van der Waals surface area contributed by atoms with Crippen LogP contribution >= 0.6 is 23.2 Å². The number of nitrogens with one attached hydrogen (secondary N) is 1. The number of nitrogens with zero attached hydrogens (tertiary/aromatic N) is 4. The lowest BCUT2D eigenvalue weighted by molar-refractivity contribution is 0.598. The first-order valence-corrected chi connectivity index (χ1v) is 9.48. The van der Waals surface area contributed by atoms with E-state index in [-0.39, 0.29) is 16.7 Å². The summed E-state index contributed by atoms with van der Waals surface area (Å²) in [5.74, 6) is -0.948. The number of sulfonamides is 1. The summed E-state index contributed by atoms with van der Waals surface area (Å²) in [5.41, 5.74) is -2.66. The molecule has 2 aromatic rings. The van der Waals surface area contributed by atoms with Crippen molar-refractivity contribution in [1.29, 1.82) is 0 Å². The monoisotopic (exact) mass is 425 g/mol. The minimum atomic E-state index is -3.94. The quantitative estimate of drug-likeness (QED) is 0.707. The molecule has 0 atom stereocenters. The zero-order valence-electron chi connectivity index (χ0n) is 13.8. The highest BCUT2D eigenvalue weighted by Gasteiger charge is 2.20. The molecule has 0 saturated carbocycles. The van der Waals surface area contributed by atoms with Crippen LogP contribution in [0.15, 0.2) is 21.7 Å². The molecule has 142 valence electrons. The molecule has 0 aliphatic heterocycles. The number of halogens is 3. The van der Waals surface area contributed by atoms with Gasteiger partial charge < -0.3 is 4.90 Å². The molecule has 0 unspecified atom stereocenters. The predicted molar refractivity (Wildman–Crippen MR) is 97.6 cm³/mol. The van der Waals surface area contributed by atoms with Gasteiger partial charge in [-0.2, -0.15) is 4.98 Å². The van der Waals surface area contributed by atoms with E-state index >= 15 is 0 Å². The molecule has 26 heavy (non-hydrogen) atoms. The first kappa shape index (κ1) is 20.2. The molecule has 0 aliphatic carbocycles. The van der Waals surface area contributed by atoms with Crippen molar-refractivity contribution in [1.82, 2.24) is 14.1 Å². The maximum Gasteiger partial charge on any atom is 0.359 e. The van der Waals surface area contributed by atoms with Crippen molar-refractivity contribution in [2.45, 2.75) is 0 Å². The van der Waals surface area contributed by atoms with Crippen molar-refractivity contribution in [3.05, 3.63) is 43.9 Å². The van der Waals surface area contributed by atoms with Gasteiger partial charge in [-0.25, -0.2) is 27.0 Å². The SMILES string of the molecule is CN(C)c1nc(=O)n(-c2cc(NS(=O)(=O)CCl)c(Cl)cc2F)c(=O)n1C. The first-order valence-electron chi connectivity index (χ1n) is 6.91. The Kier molecular flexibility index (Phi) is 5.64. The second-order valence-electron chi connectivity index (χ2n) is 5.38. The highest BCUT2D eigenvalue weighted by Crippen LogP contribution is 2.27. The van der Waals surface area contributed by atoms with E-state index < -0.39 is 38.1 Å². The average Bonchev–Trinajstić information content (AvgIpc) is 2.54. The Morgan fingerprint density at radius 3 is 2.46 bits per heavy atom. The van der Waals surface area contributed by atoms with Crippen LogP contribution in [0.2, 0.25) is 5.02 Å². The number of benzene rings is 1. The fourth-order valence-corrected chi connectivity index (χ4v) is 3.09. The highest BCUT2D eigenvalue weighted by molar-refractivity contribution is 7.93. The van der Waals surface area contributed by atoms with Gasteiger partial charge in [-0.05, 0) is 12.1 Å². The van der Waals surface area contributed by atoms with E-state index in [0.717, 1.165) is 16.7 Å². The number of hydrogen-bond acceptors (Lipinski definition) is 6. The lowest BCUT2D eigenvalue weighted by atomic mass is 10.2. The highest BCUT2D eigenvalue weighted by atomic mass is 35.5. The molecular weight excluding hydrogens is 412 g/mol. The van der Waals surface area contributed by atoms with Crippen LogP contribution in [0.25, 0.3) is 5.69 Å². The van der Waals surface area contributed by atoms with Crippen molar-refractivity contribution in [3.8, 4) is 5.69 Å². The summed E-state index contributed by atoms with van der Waals surface area (Å²) in [5, 5.41) is -1.04. The van der Waals surface area contributed by atoms with Gasteiger partial charge in [-0.1, -0.05) is 11.6 Å². The minimum Gasteiger partial charge on any atom is -0.348 e. The number of aromatic nitrogens is 3. The summed E-state index contributed by atoms with van der Waals surface area (Å²) in [6.45, 7) is 0. The first-order chi connectivity index (χ1) is 12.0. The number of rotatable bonds is 5. The molecule has 2 rings (SSSR count). The molecule has 0 radical (unpaired) electrons. The lowest BCUT2D eigenvalue weighted by Crippen LogP contribution is -2.42. The van der Waals surface area contributed by atoms with E-state index in [0.29, 0.717) is 4.57 Å². The molecule has 1 heterocycles. The third kappa shape index (κ3) is 3.84. The summed E-state index contributed by atoms with van der Waals surface area (Å²) in [6, 6.07) is 1.69. The van der Waals surface area contributed by atoms with Crippen molar-refractivity contribution >= 4 is 44.9 Å². The van der Waals surface area contributed by atoms with Gasteiger partial charge in [-0.15, -0.1) is 11.6 Å². The van der Waals surface area contributed by atoms with E-state index in [4.69, 9.17) is 23.2 Å². The number of alkyl halides is 1. The Morgan fingerprint density at radius 1 is 1.31 bits per heavy atom. The van der Waals surface area contributed by atoms with Crippen molar-refractivity contribution < 1.29 is 12.8 Å². The van der Waals surface area contributed by atoms with Gasteiger partial charge in [0.1, 0.15) is 11.0 Å². The van der Waals surface area contributed by atoms with Crippen LogP contribution in [0.1, 0.15) is 0 Å². The van der Waals surface area contributed by atoms with Crippen LogP contribution < -0.4 is 21.0 Å². The predicted octanol–water partition coefficient (Wildman–Crippen LogP) is 0.728. The topological polar surface area (TPSA) is 106 Å². The average molecular weight is 426 g/mol. The third-order valence-corrected chi connectivity index (χ3v) is 5.24. The summed E-state index contributed by atoms with van der Waals surface area (Å²) >= 11 is 11.1. The Hall–Kier alpha value is -2.11. The van der Waals surface area contributed by atoms with Gasteiger partial charge in [-0.3, -0.25) is 9.29 Å². The maximum atomic E-state index is 14.3. The Bertz CT molecular complexity index is 1080. The van der Waals surface area contributed by atoms with E-state index in [1.165, 1.54) is 11.9 Å². The maximum absolute atomic E-state index is 14.3. The smallest absolute Gasteiger partial charge is 0.348 e. The van der Waals surface area contributed by atoms with Crippen molar-refractivity contribution in [2.75, 3.05) is 28.9 Å². The van der Waals surface area contributed by atoms with Gasteiger partial charge >= 0.3 is 11.4 Å². The minimum absolute atomic E-state index is 0.0636. The molecule has 1 aromatic heterocycles. The normalized spacial score (nSPS) is 11.5. The molecule has 13 heteroatoms. The second kappa shape index (κ2) is 7.25. The number of anilines is 2. The zero-order valence-corrected chi connectivity index (χ0v) is 16.2. The molecule has 1 aromatic carbocycles. The lowest BCUT2D eigenvalue weighted by Gasteiger charge is -2.17. The Labute approximate surface area is 157 Å². The van der Waals surface area contributed by atoms with Gasteiger partial charge in [0.25, 0.3) is 0 Å². The molecular formula is C13H14Cl2FN5O4S. The fraction of sp³-hybridized carbons (Fsp3) is 0.308. The summed E-state index contributed by atoms with van der Waals surface area (Å²) in [7, 11) is 0.569. The van der Waals surface area contributed by atoms with Crippen LogP contribution in [0.4, 0.5) is 16.0 Å². The van der Waals surface area contributed by atoms with Gasteiger partial charge in [0.2, 0.25) is 16.0 Å². The van der Waals surface area contributed by atoms with Gasteiger partial charge in [0.05, 0.1) is 16.4 Å². The van der Waals surface area contributed by atoms with E-state index in [9.17, 15) is 22.4 Å². The van der Waals surface area contributed by atoms with Crippen LogP contribution in [0, 0.1) is 5.82 Å². The Balaban J connectivity index is 2.76. The fourth-order valence-electron chi connectivity index (χ4n) is 2.12.